The first-order valence-corrected chi connectivity index (χ1v) is 13.3. The Bertz CT molecular complexity index is 1320. The molecule has 3 aromatic rings. The molecule has 10 heteroatoms. The van der Waals surface area contributed by atoms with Crippen LogP contribution in [0.3, 0.4) is 0 Å². The number of aromatic nitrogens is 3. The van der Waals surface area contributed by atoms with Crippen molar-refractivity contribution in [3.05, 3.63) is 59.4 Å². The number of ether oxygens (including phenoxy) is 3. The number of amides is 1. The summed E-state index contributed by atoms with van der Waals surface area (Å²) >= 11 is 0. The van der Waals surface area contributed by atoms with Gasteiger partial charge in [-0.25, -0.2) is 4.39 Å². The van der Waals surface area contributed by atoms with Crippen LogP contribution in [0.1, 0.15) is 48.3 Å². The highest BCUT2D eigenvalue weighted by Crippen LogP contribution is 2.34. The van der Waals surface area contributed by atoms with Crippen molar-refractivity contribution in [3.63, 3.8) is 0 Å². The topological polar surface area (TPSA) is 98.7 Å². The van der Waals surface area contributed by atoms with E-state index in [1.165, 1.54) is 26.1 Å². The predicted octanol–water partition coefficient (Wildman–Crippen LogP) is 4.70. The lowest BCUT2D eigenvalue weighted by Gasteiger charge is -2.31. The quantitative estimate of drug-likeness (QED) is 0.465. The number of pyridine rings is 1. The summed E-state index contributed by atoms with van der Waals surface area (Å²) in [6.45, 7) is 8.88. The van der Waals surface area contributed by atoms with Crippen LogP contribution in [0, 0.1) is 6.92 Å². The van der Waals surface area contributed by atoms with E-state index in [2.05, 4.69) is 25.4 Å². The zero-order valence-corrected chi connectivity index (χ0v) is 22.6. The van der Waals surface area contributed by atoms with Crippen LogP contribution >= 0.6 is 0 Å². The van der Waals surface area contributed by atoms with Crippen LogP contribution in [0.2, 0.25) is 0 Å². The third kappa shape index (κ3) is 6.51. The number of hydrogen-bond acceptors (Lipinski definition) is 8. The van der Waals surface area contributed by atoms with E-state index in [1.54, 1.807) is 6.07 Å². The van der Waals surface area contributed by atoms with Crippen molar-refractivity contribution in [1.29, 1.82) is 0 Å². The van der Waals surface area contributed by atoms with Gasteiger partial charge in [-0.05, 0) is 56.7 Å². The number of benzene rings is 1. The summed E-state index contributed by atoms with van der Waals surface area (Å²) in [4.78, 5) is 19.3. The van der Waals surface area contributed by atoms with Gasteiger partial charge in [0.15, 0.2) is 0 Å². The molecule has 4 heterocycles. The van der Waals surface area contributed by atoms with Gasteiger partial charge in [0.1, 0.15) is 17.5 Å². The first-order valence-electron chi connectivity index (χ1n) is 13.3. The summed E-state index contributed by atoms with van der Waals surface area (Å²) in [7, 11) is 0. The normalized spacial score (nSPS) is 16.7. The molecule has 0 aliphatic carbocycles. The molecule has 0 bridgehead atoms. The van der Waals surface area contributed by atoms with Crippen LogP contribution in [-0.4, -0.2) is 66.7 Å². The van der Waals surface area contributed by atoms with Gasteiger partial charge >= 0.3 is 0 Å². The molecule has 1 aromatic carbocycles. The summed E-state index contributed by atoms with van der Waals surface area (Å²) in [5.74, 6) is 0.164. The smallest absolute Gasteiger partial charge is 0.257 e. The molecular formula is C29H34FN5O4. The minimum absolute atomic E-state index is 0.0376. The summed E-state index contributed by atoms with van der Waals surface area (Å²) in [5, 5.41) is 11.9. The van der Waals surface area contributed by atoms with Gasteiger partial charge < -0.3 is 24.4 Å². The number of halogens is 1. The Morgan fingerprint density at radius 1 is 1.05 bits per heavy atom. The maximum atomic E-state index is 14.4. The molecule has 2 fully saturated rings. The van der Waals surface area contributed by atoms with E-state index < -0.39 is 5.67 Å². The van der Waals surface area contributed by atoms with Gasteiger partial charge in [0.2, 0.25) is 0 Å². The Labute approximate surface area is 227 Å². The zero-order valence-electron chi connectivity index (χ0n) is 22.6. The fourth-order valence-electron chi connectivity index (χ4n) is 4.64. The number of nitrogens with one attached hydrogen (secondary N) is 1. The second-order valence-electron chi connectivity index (χ2n) is 10.3. The highest BCUT2D eigenvalue weighted by atomic mass is 19.1. The number of alkyl halides is 1. The minimum atomic E-state index is -1.65. The number of carbonyl (C=O) groups is 1. The average Bonchev–Trinajstić information content (AvgIpc) is 2.95. The average molecular weight is 536 g/mol. The van der Waals surface area contributed by atoms with Crippen LogP contribution < -0.4 is 15.0 Å². The Morgan fingerprint density at radius 3 is 2.54 bits per heavy atom. The highest BCUT2D eigenvalue weighted by molar-refractivity contribution is 6.04. The molecule has 39 heavy (non-hydrogen) atoms. The van der Waals surface area contributed by atoms with E-state index in [9.17, 15) is 9.18 Å². The highest BCUT2D eigenvalue weighted by Gasteiger charge is 2.24. The lowest BCUT2D eigenvalue weighted by molar-refractivity contribution is 0.0234. The van der Waals surface area contributed by atoms with Crippen molar-refractivity contribution in [2.24, 2.45) is 0 Å². The maximum Gasteiger partial charge on any atom is 0.257 e. The van der Waals surface area contributed by atoms with Gasteiger partial charge in [0.05, 0.1) is 37.8 Å². The van der Waals surface area contributed by atoms with Crippen molar-refractivity contribution in [1.82, 2.24) is 15.2 Å². The molecule has 206 valence electrons. The molecule has 5 rings (SSSR count). The van der Waals surface area contributed by atoms with Crippen molar-refractivity contribution in [3.8, 4) is 17.1 Å². The van der Waals surface area contributed by atoms with E-state index in [0.717, 1.165) is 42.7 Å². The van der Waals surface area contributed by atoms with Gasteiger partial charge in [-0.3, -0.25) is 9.78 Å². The van der Waals surface area contributed by atoms with E-state index in [1.807, 2.05) is 31.2 Å². The van der Waals surface area contributed by atoms with Crippen LogP contribution in [0.25, 0.3) is 11.3 Å². The van der Waals surface area contributed by atoms with Gasteiger partial charge in [-0.15, -0.1) is 10.2 Å². The predicted molar refractivity (Wildman–Crippen MR) is 146 cm³/mol. The lowest BCUT2D eigenvalue weighted by atomic mass is 10.0. The van der Waals surface area contributed by atoms with E-state index >= 15 is 0 Å². The molecule has 1 N–H and O–H groups in total. The number of anilines is 2. The number of rotatable bonds is 7. The molecular weight excluding hydrogens is 501 g/mol. The Hall–Kier alpha value is -3.63. The number of hydrogen-bond donors (Lipinski definition) is 1. The van der Waals surface area contributed by atoms with E-state index in [-0.39, 0.29) is 17.7 Å². The fourth-order valence-corrected chi connectivity index (χ4v) is 4.64. The molecule has 0 radical (unpaired) electrons. The first kappa shape index (κ1) is 27.0. The van der Waals surface area contributed by atoms with Gasteiger partial charge in [0.25, 0.3) is 11.8 Å². The molecule has 0 atom stereocenters. The van der Waals surface area contributed by atoms with Crippen LogP contribution in [0.4, 0.5) is 15.8 Å². The van der Waals surface area contributed by atoms with Gasteiger partial charge in [-0.1, -0.05) is 6.07 Å². The number of aryl methyl sites for hydroxylation is 1. The van der Waals surface area contributed by atoms with Gasteiger partial charge in [0, 0.05) is 48.9 Å². The minimum Gasteiger partial charge on any atom is -0.472 e. The van der Waals surface area contributed by atoms with E-state index in [0.29, 0.717) is 49.3 Å². The second kappa shape index (κ2) is 11.6. The Morgan fingerprint density at radius 2 is 1.79 bits per heavy atom. The molecule has 0 spiro atoms. The van der Waals surface area contributed by atoms with Crippen molar-refractivity contribution in [2.45, 2.75) is 45.4 Å². The van der Waals surface area contributed by atoms with Crippen LogP contribution in [0.5, 0.6) is 5.88 Å². The van der Waals surface area contributed by atoms with Crippen LogP contribution in [0.15, 0.2) is 42.6 Å². The molecule has 1 amide bonds. The van der Waals surface area contributed by atoms with E-state index in [4.69, 9.17) is 14.2 Å². The molecule has 9 nitrogen and oxygen atoms in total. The Balaban J connectivity index is 1.42. The fraction of sp³-hybridized carbons (Fsp3) is 0.448. The molecule has 2 saturated heterocycles. The van der Waals surface area contributed by atoms with Crippen molar-refractivity contribution < 1.29 is 23.4 Å². The standard InChI is InChI=1S/C29H34FN5O4/c1-19-4-5-21(32-27(36)20-6-9-31-26(16-20)29(2,3)30)17-23(19)24-18-25(35-10-14-38-15-11-35)28(34-33-24)39-22-7-12-37-13-8-22/h4-6,9,16-18,22H,7-8,10-15H2,1-3H3,(H,32,36). The zero-order chi connectivity index (χ0) is 27.4. The number of nitrogens with zero attached hydrogens (tertiary/aromatic N) is 4. The molecule has 0 saturated carbocycles. The summed E-state index contributed by atoms with van der Waals surface area (Å²) in [5.41, 5.74) is 2.86. The number of carbonyl (C=O) groups excluding carboxylic acids is 1. The molecule has 2 aliphatic rings. The lowest BCUT2D eigenvalue weighted by Crippen LogP contribution is -2.37. The second-order valence-corrected chi connectivity index (χ2v) is 10.3. The largest absolute Gasteiger partial charge is 0.472 e. The SMILES string of the molecule is Cc1ccc(NC(=O)c2ccnc(C(C)(C)F)c2)cc1-c1cc(N2CCOCC2)c(OC2CCOCC2)nn1. The first-order chi connectivity index (χ1) is 18.8. The molecule has 2 aliphatic heterocycles. The maximum absolute atomic E-state index is 14.4. The van der Waals surface area contributed by atoms with Gasteiger partial charge in [-0.2, -0.15) is 0 Å². The molecule has 2 aromatic heterocycles. The molecule has 0 unspecified atom stereocenters. The summed E-state index contributed by atoms with van der Waals surface area (Å²) in [6.07, 6.45) is 3.11. The van der Waals surface area contributed by atoms with Crippen molar-refractivity contribution in [2.75, 3.05) is 49.7 Å². The summed E-state index contributed by atoms with van der Waals surface area (Å²) < 4.78 is 31.7. The third-order valence-corrected chi connectivity index (χ3v) is 6.94. The van der Waals surface area contributed by atoms with Crippen molar-refractivity contribution >= 4 is 17.3 Å². The van der Waals surface area contributed by atoms with Crippen LogP contribution in [-0.2, 0) is 15.1 Å². The number of morpholine rings is 1. The Kier molecular flexibility index (Phi) is 8.04. The third-order valence-electron chi connectivity index (χ3n) is 6.94. The summed E-state index contributed by atoms with van der Waals surface area (Å²) in [6, 6.07) is 10.7. The monoisotopic (exact) mass is 535 g/mol.